The van der Waals surface area contributed by atoms with Crippen molar-refractivity contribution in [2.75, 3.05) is 25.0 Å². The molecule has 0 radical (unpaired) electrons. The summed E-state index contributed by atoms with van der Waals surface area (Å²) >= 11 is 0. The molecule has 1 atom stereocenters. The summed E-state index contributed by atoms with van der Waals surface area (Å²) in [5.41, 5.74) is 0. The zero-order valence-corrected chi connectivity index (χ0v) is 12.0. The van der Waals surface area contributed by atoms with Crippen LogP contribution < -0.4 is 5.32 Å². The summed E-state index contributed by atoms with van der Waals surface area (Å²) in [7, 11) is 0. The van der Waals surface area contributed by atoms with Crippen LogP contribution in [0.25, 0.3) is 0 Å². The topological polar surface area (TPSA) is 78.6 Å². The second kappa shape index (κ2) is 7.40. The van der Waals surface area contributed by atoms with E-state index in [9.17, 15) is 4.79 Å². The Balaban J connectivity index is 1.76. The highest BCUT2D eigenvalue weighted by Gasteiger charge is 2.22. The minimum atomic E-state index is -0.0494. The van der Waals surface area contributed by atoms with Crippen LogP contribution in [0.2, 0.25) is 0 Å². The van der Waals surface area contributed by atoms with E-state index >= 15 is 0 Å². The lowest BCUT2D eigenvalue weighted by molar-refractivity contribution is -0.116. The molecule has 0 spiro atoms. The van der Waals surface area contributed by atoms with Gasteiger partial charge in [-0.05, 0) is 32.7 Å². The van der Waals surface area contributed by atoms with Crippen LogP contribution in [-0.4, -0.2) is 46.8 Å². The van der Waals surface area contributed by atoms with E-state index in [1.807, 2.05) is 0 Å². The van der Waals surface area contributed by atoms with Crippen molar-refractivity contribution in [1.82, 2.24) is 10.1 Å². The van der Waals surface area contributed by atoms with Crippen LogP contribution in [0.15, 0.2) is 10.6 Å². The van der Waals surface area contributed by atoms with Crippen LogP contribution >= 0.6 is 0 Å². The minimum Gasteiger partial charge on any atom is -0.396 e. The smallest absolute Gasteiger partial charge is 0.226 e. The number of amides is 1. The molecule has 1 aliphatic rings. The molecule has 1 amide bonds. The lowest BCUT2D eigenvalue weighted by Crippen LogP contribution is -2.41. The predicted molar refractivity (Wildman–Crippen MR) is 75.4 cm³/mol. The lowest BCUT2D eigenvalue weighted by Gasteiger charge is -2.35. The molecule has 1 aliphatic heterocycles. The normalized spacial score (nSPS) is 20.0. The number of carbonyl (C=O) groups excluding carboxylic acids is 1. The molecule has 0 aromatic carbocycles. The number of carbonyl (C=O) groups is 1. The molecule has 2 N–H and O–H groups in total. The second-order valence-corrected chi connectivity index (χ2v) is 5.32. The maximum absolute atomic E-state index is 11.9. The maximum Gasteiger partial charge on any atom is 0.226 e. The van der Waals surface area contributed by atoms with Crippen LogP contribution in [0, 0.1) is 6.92 Å². The van der Waals surface area contributed by atoms with Gasteiger partial charge >= 0.3 is 0 Å². The Morgan fingerprint density at radius 3 is 3.15 bits per heavy atom. The summed E-state index contributed by atoms with van der Waals surface area (Å²) in [6.45, 7) is 3.75. The Kier molecular flexibility index (Phi) is 5.55. The molecule has 1 unspecified atom stereocenters. The van der Waals surface area contributed by atoms with Gasteiger partial charge in [0.15, 0.2) is 5.82 Å². The van der Waals surface area contributed by atoms with E-state index < -0.39 is 0 Å². The lowest BCUT2D eigenvalue weighted by atomic mass is 9.99. The molecule has 1 aromatic heterocycles. The predicted octanol–water partition coefficient (Wildman–Crippen LogP) is 1.55. The van der Waals surface area contributed by atoms with Crippen molar-refractivity contribution in [3.8, 4) is 0 Å². The van der Waals surface area contributed by atoms with E-state index in [2.05, 4.69) is 15.4 Å². The Morgan fingerprint density at radius 1 is 1.60 bits per heavy atom. The Morgan fingerprint density at radius 2 is 2.45 bits per heavy atom. The van der Waals surface area contributed by atoms with Gasteiger partial charge in [-0.15, -0.1) is 0 Å². The molecule has 20 heavy (non-hydrogen) atoms. The Bertz CT molecular complexity index is 431. The average molecular weight is 281 g/mol. The highest BCUT2D eigenvalue weighted by molar-refractivity contribution is 5.89. The fourth-order valence-electron chi connectivity index (χ4n) is 2.71. The Hall–Kier alpha value is -1.40. The van der Waals surface area contributed by atoms with Crippen LogP contribution in [0.3, 0.4) is 0 Å². The summed E-state index contributed by atoms with van der Waals surface area (Å²) in [6.07, 6.45) is 4.74. The first-order valence-electron chi connectivity index (χ1n) is 7.27. The number of aliphatic hydroxyl groups excluding tert-OH is 1. The highest BCUT2D eigenvalue weighted by atomic mass is 16.5. The van der Waals surface area contributed by atoms with E-state index in [1.54, 1.807) is 13.0 Å². The third-order valence-corrected chi connectivity index (χ3v) is 3.73. The summed E-state index contributed by atoms with van der Waals surface area (Å²) in [6, 6.07) is 2.11. The molecule has 1 saturated heterocycles. The monoisotopic (exact) mass is 281 g/mol. The van der Waals surface area contributed by atoms with Gasteiger partial charge in [0, 0.05) is 31.7 Å². The molecule has 2 heterocycles. The zero-order valence-electron chi connectivity index (χ0n) is 12.0. The van der Waals surface area contributed by atoms with Crippen molar-refractivity contribution in [3.63, 3.8) is 0 Å². The van der Waals surface area contributed by atoms with E-state index in [-0.39, 0.29) is 12.5 Å². The van der Waals surface area contributed by atoms with Crippen LogP contribution in [0.1, 0.15) is 37.9 Å². The number of piperidine rings is 1. The molecule has 6 nitrogen and oxygen atoms in total. The summed E-state index contributed by atoms with van der Waals surface area (Å²) < 4.78 is 4.91. The van der Waals surface area contributed by atoms with Crippen molar-refractivity contribution in [3.05, 3.63) is 11.8 Å². The number of hydrogen-bond donors (Lipinski definition) is 2. The highest BCUT2D eigenvalue weighted by Crippen LogP contribution is 2.19. The van der Waals surface area contributed by atoms with Crippen molar-refractivity contribution >= 4 is 11.7 Å². The number of aliphatic hydroxyl groups is 1. The van der Waals surface area contributed by atoms with Gasteiger partial charge in [-0.2, -0.15) is 0 Å². The number of nitrogens with zero attached hydrogens (tertiary/aromatic N) is 2. The van der Waals surface area contributed by atoms with Gasteiger partial charge in [-0.25, -0.2) is 0 Å². The van der Waals surface area contributed by atoms with Gasteiger partial charge in [0.1, 0.15) is 5.76 Å². The zero-order chi connectivity index (χ0) is 14.4. The number of aryl methyl sites for hydroxylation is 1. The molecule has 2 rings (SSSR count). The molecule has 112 valence electrons. The number of hydrogen-bond acceptors (Lipinski definition) is 5. The number of anilines is 1. The number of nitrogens with one attached hydrogen (secondary N) is 1. The third-order valence-electron chi connectivity index (χ3n) is 3.73. The fourth-order valence-corrected chi connectivity index (χ4v) is 2.71. The molecule has 1 aromatic rings. The van der Waals surface area contributed by atoms with Gasteiger partial charge in [0.05, 0.1) is 0 Å². The fraction of sp³-hybridized carbons (Fsp3) is 0.714. The first-order valence-corrected chi connectivity index (χ1v) is 7.27. The first-order chi connectivity index (χ1) is 9.69. The number of likely N-dealkylation sites (tertiary alicyclic amines) is 1. The maximum atomic E-state index is 11.9. The van der Waals surface area contributed by atoms with Crippen LogP contribution in [-0.2, 0) is 4.79 Å². The first kappa shape index (κ1) is 15.0. The molecule has 0 saturated carbocycles. The number of aromatic nitrogens is 1. The van der Waals surface area contributed by atoms with Gasteiger partial charge < -0.3 is 14.9 Å². The largest absolute Gasteiger partial charge is 0.396 e. The quantitative estimate of drug-likeness (QED) is 0.827. The summed E-state index contributed by atoms with van der Waals surface area (Å²) in [5, 5.41) is 15.6. The second-order valence-electron chi connectivity index (χ2n) is 5.32. The van der Waals surface area contributed by atoms with Gasteiger partial charge in [0.25, 0.3) is 0 Å². The van der Waals surface area contributed by atoms with Gasteiger partial charge in [-0.3, -0.25) is 9.69 Å². The van der Waals surface area contributed by atoms with E-state index in [0.29, 0.717) is 24.0 Å². The molecule has 6 heteroatoms. The van der Waals surface area contributed by atoms with Crippen LogP contribution in [0.5, 0.6) is 0 Å². The van der Waals surface area contributed by atoms with Crippen molar-refractivity contribution in [1.29, 1.82) is 0 Å². The van der Waals surface area contributed by atoms with Gasteiger partial charge in [-0.1, -0.05) is 11.6 Å². The van der Waals surface area contributed by atoms with Crippen molar-refractivity contribution < 1.29 is 14.4 Å². The number of rotatable bonds is 6. The molecule has 1 fully saturated rings. The molecule has 0 bridgehead atoms. The molecular formula is C14H23N3O3. The van der Waals surface area contributed by atoms with Crippen LogP contribution in [0.4, 0.5) is 5.82 Å². The van der Waals surface area contributed by atoms with Gasteiger partial charge in [0.2, 0.25) is 5.91 Å². The standard InChI is InChI=1S/C14H23N3O3/c1-11-10-13(16-20-11)15-14(19)5-8-17-7-3-2-4-12(17)6-9-18/h10,12,18H,2-9H2,1H3,(H,15,16,19). The third kappa shape index (κ3) is 4.31. The van der Waals surface area contributed by atoms with Crippen molar-refractivity contribution in [2.45, 2.75) is 45.1 Å². The summed E-state index contributed by atoms with van der Waals surface area (Å²) in [5.74, 6) is 1.10. The SMILES string of the molecule is Cc1cc(NC(=O)CCN2CCCCC2CCO)no1. The minimum absolute atomic E-state index is 0.0494. The molecule has 0 aliphatic carbocycles. The molecular weight excluding hydrogens is 258 g/mol. The average Bonchev–Trinajstić information content (AvgIpc) is 2.83. The summed E-state index contributed by atoms with van der Waals surface area (Å²) in [4.78, 5) is 14.2. The van der Waals surface area contributed by atoms with E-state index in [4.69, 9.17) is 9.63 Å². The van der Waals surface area contributed by atoms with E-state index in [1.165, 1.54) is 12.8 Å². The van der Waals surface area contributed by atoms with Crippen molar-refractivity contribution in [2.24, 2.45) is 0 Å². The Labute approximate surface area is 119 Å². The van der Waals surface area contributed by atoms with E-state index in [0.717, 1.165) is 25.9 Å².